The van der Waals surface area contributed by atoms with Gasteiger partial charge in [0.2, 0.25) is 10.0 Å². The molecule has 3 aromatic heterocycles. The number of anilines is 1. The van der Waals surface area contributed by atoms with Gasteiger partial charge in [0.25, 0.3) is 0 Å². The van der Waals surface area contributed by atoms with Gasteiger partial charge >= 0.3 is 4.87 Å². The Balaban J connectivity index is 1.11. The highest BCUT2D eigenvalue weighted by Crippen LogP contribution is 2.30. The summed E-state index contributed by atoms with van der Waals surface area (Å²) in [5.74, 6) is 0.767. The molecule has 1 atom stereocenters. The molecule has 0 radical (unpaired) electrons. The van der Waals surface area contributed by atoms with Gasteiger partial charge in [0.15, 0.2) is 0 Å². The number of rotatable bonds is 7. The van der Waals surface area contributed by atoms with Crippen LogP contribution in [0.15, 0.2) is 76.9 Å². The van der Waals surface area contributed by atoms with Crippen molar-refractivity contribution < 1.29 is 8.42 Å². The van der Waals surface area contributed by atoms with E-state index in [1.807, 2.05) is 36.5 Å². The van der Waals surface area contributed by atoms with E-state index < -0.39 is 10.0 Å². The van der Waals surface area contributed by atoms with Crippen molar-refractivity contribution in [2.24, 2.45) is 7.05 Å². The summed E-state index contributed by atoms with van der Waals surface area (Å²) in [7, 11) is -1.95. The molecule has 1 unspecified atom stereocenters. The summed E-state index contributed by atoms with van der Waals surface area (Å²) < 4.78 is 30.4. The van der Waals surface area contributed by atoms with Crippen LogP contribution in [0.5, 0.6) is 0 Å². The largest absolute Gasteiger partial charge is 0.366 e. The Hall–Kier alpha value is -3.71. The topological polar surface area (TPSA) is 113 Å². The lowest BCUT2D eigenvalue weighted by atomic mass is 10.0. The third-order valence-electron chi connectivity index (χ3n) is 7.29. The molecule has 2 aromatic carbocycles. The first-order valence-corrected chi connectivity index (χ1v) is 15.3. The Morgan fingerprint density at radius 3 is 2.65 bits per heavy atom. The number of nitrogens with zero attached hydrogens (tertiary/aromatic N) is 6. The molecule has 1 aliphatic rings. The number of thiazole rings is 1. The molecule has 0 amide bonds. The molecule has 0 saturated carbocycles. The van der Waals surface area contributed by atoms with Crippen molar-refractivity contribution >= 4 is 48.3 Å². The van der Waals surface area contributed by atoms with Crippen LogP contribution in [0.2, 0.25) is 0 Å². The molecular formula is C28H29N7O3S2. The van der Waals surface area contributed by atoms with E-state index in [4.69, 9.17) is 0 Å². The Morgan fingerprint density at radius 1 is 1.05 bits per heavy atom. The van der Waals surface area contributed by atoms with Crippen molar-refractivity contribution in [3.8, 4) is 11.1 Å². The number of nitrogens with one attached hydrogen (secondary N) is 1. The van der Waals surface area contributed by atoms with Crippen molar-refractivity contribution in [2.75, 3.05) is 38.0 Å². The first-order valence-electron chi connectivity index (χ1n) is 13.0. The van der Waals surface area contributed by atoms with E-state index in [1.54, 1.807) is 37.8 Å². The zero-order valence-corrected chi connectivity index (χ0v) is 23.8. The quantitative estimate of drug-likeness (QED) is 0.314. The van der Waals surface area contributed by atoms with Crippen LogP contribution in [0.4, 0.5) is 5.82 Å². The van der Waals surface area contributed by atoms with Crippen molar-refractivity contribution in [3.63, 3.8) is 0 Å². The number of pyridine rings is 1. The van der Waals surface area contributed by atoms with Gasteiger partial charge in [0.1, 0.15) is 12.1 Å². The molecule has 0 aliphatic carbocycles. The molecule has 4 heterocycles. The fraction of sp³-hybridized carbons (Fsp3) is 0.286. The van der Waals surface area contributed by atoms with Crippen molar-refractivity contribution in [1.29, 1.82) is 0 Å². The monoisotopic (exact) mass is 575 g/mol. The number of hydrogen-bond donors (Lipinski definition) is 1. The van der Waals surface area contributed by atoms with Crippen LogP contribution < -0.4 is 10.2 Å². The number of hydrogen-bond acceptors (Lipinski definition) is 9. The second-order valence-electron chi connectivity index (χ2n) is 9.97. The van der Waals surface area contributed by atoms with Gasteiger partial charge in [-0.1, -0.05) is 29.5 Å². The van der Waals surface area contributed by atoms with Crippen molar-refractivity contribution in [1.82, 2.24) is 28.7 Å². The molecule has 5 aromatic rings. The number of benzene rings is 2. The number of fused-ring (bicyclic) bond motifs is 2. The number of piperazine rings is 1. The van der Waals surface area contributed by atoms with Gasteiger partial charge in [-0.2, -0.15) is 4.31 Å². The van der Waals surface area contributed by atoms with E-state index >= 15 is 0 Å². The molecule has 6 rings (SSSR count). The van der Waals surface area contributed by atoms with Crippen LogP contribution >= 0.6 is 11.3 Å². The lowest BCUT2D eigenvalue weighted by molar-refractivity contribution is 0.184. The summed E-state index contributed by atoms with van der Waals surface area (Å²) in [6.07, 6.45) is 5.16. The minimum absolute atomic E-state index is 0.0755. The zero-order chi connectivity index (χ0) is 27.9. The molecule has 206 valence electrons. The molecule has 1 N–H and O–H groups in total. The van der Waals surface area contributed by atoms with Crippen LogP contribution in [0, 0.1) is 0 Å². The number of aromatic nitrogens is 4. The fourth-order valence-corrected chi connectivity index (χ4v) is 7.64. The summed E-state index contributed by atoms with van der Waals surface area (Å²) in [4.78, 5) is 27.7. The predicted molar refractivity (Wildman–Crippen MR) is 158 cm³/mol. The summed E-state index contributed by atoms with van der Waals surface area (Å²) in [5.41, 5.74) is 3.60. The molecule has 12 heteroatoms. The number of para-hydroxylation sites is 1. The van der Waals surface area contributed by atoms with E-state index in [1.165, 1.54) is 8.87 Å². The Kier molecular flexibility index (Phi) is 7.09. The average Bonchev–Trinajstić information content (AvgIpc) is 3.26. The number of sulfonamides is 1. The highest BCUT2D eigenvalue weighted by atomic mass is 32.2. The minimum atomic E-state index is -3.64. The van der Waals surface area contributed by atoms with Gasteiger partial charge < -0.3 is 9.88 Å². The van der Waals surface area contributed by atoms with Gasteiger partial charge in [0, 0.05) is 74.7 Å². The van der Waals surface area contributed by atoms with Gasteiger partial charge in [-0.05, 0) is 37.3 Å². The predicted octanol–water partition coefficient (Wildman–Crippen LogP) is 3.41. The summed E-state index contributed by atoms with van der Waals surface area (Å²) in [6, 6.07) is 15.0. The second kappa shape index (κ2) is 10.7. The Labute approximate surface area is 236 Å². The fourth-order valence-electron chi connectivity index (χ4n) is 5.20. The van der Waals surface area contributed by atoms with Gasteiger partial charge in [-0.15, -0.1) is 0 Å². The van der Waals surface area contributed by atoms with E-state index in [-0.39, 0.29) is 15.8 Å². The zero-order valence-electron chi connectivity index (χ0n) is 22.2. The molecule has 10 nitrogen and oxygen atoms in total. The van der Waals surface area contributed by atoms with Gasteiger partial charge in [-0.25, -0.2) is 18.4 Å². The van der Waals surface area contributed by atoms with E-state index in [2.05, 4.69) is 32.1 Å². The summed E-state index contributed by atoms with van der Waals surface area (Å²) in [6.45, 7) is 4.91. The normalized spacial score (nSPS) is 15.9. The van der Waals surface area contributed by atoms with Gasteiger partial charge in [0.05, 0.1) is 20.6 Å². The van der Waals surface area contributed by atoms with Crippen molar-refractivity contribution in [3.05, 3.63) is 76.9 Å². The maximum atomic E-state index is 13.3. The van der Waals surface area contributed by atoms with E-state index in [0.29, 0.717) is 30.9 Å². The summed E-state index contributed by atoms with van der Waals surface area (Å²) >= 11 is 1.06. The summed E-state index contributed by atoms with van der Waals surface area (Å²) in [5, 5.41) is 4.47. The van der Waals surface area contributed by atoms with E-state index in [9.17, 15) is 13.2 Å². The van der Waals surface area contributed by atoms with Gasteiger partial charge in [-0.3, -0.25) is 14.7 Å². The molecule has 40 heavy (non-hydrogen) atoms. The third-order valence-corrected chi connectivity index (χ3v) is 10.2. The Bertz CT molecular complexity index is 1850. The molecule has 1 fully saturated rings. The molecule has 1 saturated heterocycles. The standard InChI is InChI=1S/C28H29N7O3S2/c1-19(32-27-23-7-3-6-22(26(23)30-18-31-27)20-5-4-10-29-16-20)17-34-11-13-35(14-12-34)40(37,38)21-8-9-24-25(15-21)39-28(36)33(24)2/h3-10,15-16,18-19H,11-14,17H2,1-2H3,(H,30,31,32). The van der Waals surface area contributed by atoms with Crippen LogP contribution in [-0.4, -0.2) is 75.9 Å². The molecule has 0 spiro atoms. The smallest absolute Gasteiger partial charge is 0.307 e. The van der Waals surface area contributed by atoms with E-state index in [0.717, 1.165) is 51.2 Å². The molecule has 0 bridgehead atoms. The first kappa shape index (κ1) is 26.5. The maximum absolute atomic E-state index is 13.3. The number of aryl methyl sites for hydroxylation is 1. The SMILES string of the molecule is CC(CN1CCN(S(=O)(=O)c2ccc3c(c2)sc(=O)n3C)CC1)Nc1ncnc2c(-c3cccnc3)cccc12. The van der Waals surface area contributed by atoms with Crippen LogP contribution in [0.1, 0.15) is 6.92 Å². The average molecular weight is 576 g/mol. The van der Waals surface area contributed by atoms with Crippen LogP contribution in [-0.2, 0) is 17.1 Å². The lowest BCUT2D eigenvalue weighted by Gasteiger charge is -2.35. The first-order chi connectivity index (χ1) is 19.3. The van der Waals surface area contributed by atoms with Crippen molar-refractivity contribution in [2.45, 2.75) is 17.9 Å². The minimum Gasteiger partial charge on any atom is -0.366 e. The van der Waals surface area contributed by atoms with Crippen LogP contribution in [0.25, 0.3) is 32.2 Å². The van der Waals surface area contributed by atoms with Crippen LogP contribution in [0.3, 0.4) is 0 Å². The lowest BCUT2D eigenvalue weighted by Crippen LogP contribution is -2.50. The second-order valence-corrected chi connectivity index (χ2v) is 12.9. The Morgan fingerprint density at radius 2 is 1.88 bits per heavy atom. The highest BCUT2D eigenvalue weighted by Gasteiger charge is 2.29. The molecular weight excluding hydrogens is 546 g/mol. The highest BCUT2D eigenvalue weighted by molar-refractivity contribution is 7.89. The third kappa shape index (κ3) is 4.99. The molecule has 1 aliphatic heterocycles. The maximum Gasteiger partial charge on any atom is 0.307 e.